The summed E-state index contributed by atoms with van der Waals surface area (Å²) < 4.78 is 24.2. The molecule has 110 valence electrons. The quantitative estimate of drug-likeness (QED) is 0.637. The molecule has 1 aliphatic rings. The molecule has 0 aliphatic heterocycles. The van der Waals surface area contributed by atoms with Crippen LogP contribution in [0.15, 0.2) is 18.2 Å². The van der Waals surface area contributed by atoms with Crippen molar-refractivity contribution in [1.82, 2.24) is 5.32 Å². The van der Waals surface area contributed by atoms with Crippen molar-refractivity contribution in [3.05, 3.63) is 34.1 Å². The summed E-state index contributed by atoms with van der Waals surface area (Å²) in [5.41, 5.74) is -0.367. The maximum Gasteiger partial charge on any atom is 0.313 e. The molecule has 0 aromatic heterocycles. The molecule has 0 amide bonds. The van der Waals surface area contributed by atoms with E-state index in [4.69, 9.17) is 9.47 Å². The molecule has 1 aliphatic carbocycles. The fraction of sp³-hybridized carbons (Fsp3) is 0.538. The number of nitrogens with one attached hydrogen (secondary N) is 1. The minimum absolute atomic E-state index is 0.0701. The van der Waals surface area contributed by atoms with E-state index in [1.54, 1.807) is 0 Å². The zero-order valence-corrected chi connectivity index (χ0v) is 11.3. The third-order valence-corrected chi connectivity index (χ3v) is 3.38. The zero-order chi connectivity index (χ0) is 14.7. The van der Waals surface area contributed by atoms with E-state index >= 15 is 0 Å². The summed E-state index contributed by atoms with van der Waals surface area (Å²) in [5, 5.41) is 14.0. The average molecular weight is 284 g/mol. The van der Waals surface area contributed by atoms with Crippen LogP contribution in [-0.4, -0.2) is 36.8 Å². The lowest BCUT2D eigenvalue weighted by molar-refractivity contribution is -0.386. The van der Waals surface area contributed by atoms with Crippen molar-refractivity contribution in [3.8, 4) is 5.75 Å². The Labute approximate surface area is 116 Å². The second-order valence-electron chi connectivity index (χ2n) is 4.58. The molecular formula is C13H17FN2O4. The van der Waals surface area contributed by atoms with Gasteiger partial charge in [-0.05, 0) is 26.1 Å². The minimum Gasteiger partial charge on any atom is -0.481 e. The monoisotopic (exact) mass is 284 g/mol. The molecule has 3 unspecified atom stereocenters. The summed E-state index contributed by atoms with van der Waals surface area (Å²) in [7, 11) is 1.83. The van der Waals surface area contributed by atoms with Crippen LogP contribution in [0.3, 0.4) is 0 Å². The number of hydrogen-bond donors (Lipinski definition) is 1. The minimum atomic E-state index is -0.660. The third kappa shape index (κ3) is 2.88. The standard InChI is InChI=1S/C13H17FN2O4/c1-3-19-13-9(15-2)7-12(13)20-11-5-4-8(14)6-10(11)16(17)18/h4-6,9,12-13,15H,3,7H2,1-2H3. The molecule has 1 aromatic rings. The van der Waals surface area contributed by atoms with Gasteiger partial charge in [0.05, 0.1) is 11.0 Å². The first-order chi connectivity index (χ1) is 9.56. The lowest BCUT2D eigenvalue weighted by Crippen LogP contribution is -2.60. The lowest BCUT2D eigenvalue weighted by atomic mass is 9.85. The summed E-state index contributed by atoms with van der Waals surface area (Å²) in [6.45, 7) is 2.41. The summed E-state index contributed by atoms with van der Waals surface area (Å²) >= 11 is 0. The van der Waals surface area contributed by atoms with Crippen molar-refractivity contribution >= 4 is 5.69 Å². The van der Waals surface area contributed by atoms with Gasteiger partial charge in [-0.25, -0.2) is 4.39 Å². The highest BCUT2D eigenvalue weighted by molar-refractivity contribution is 5.46. The number of likely N-dealkylation sites (N-methyl/N-ethyl adjacent to an activating group) is 1. The van der Waals surface area contributed by atoms with Crippen LogP contribution in [0, 0.1) is 15.9 Å². The molecule has 1 aromatic carbocycles. The fourth-order valence-corrected chi connectivity index (χ4v) is 2.29. The Kier molecular flexibility index (Phi) is 4.51. The molecule has 0 spiro atoms. The topological polar surface area (TPSA) is 73.6 Å². The van der Waals surface area contributed by atoms with Crippen LogP contribution in [0.2, 0.25) is 0 Å². The van der Waals surface area contributed by atoms with E-state index in [2.05, 4.69) is 5.32 Å². The van der Waals surface area contributed by atoms with E-state index in [0.29, 0.717) is 13.0 Å². The van der Waals surface area contributed by atoms with Crippen molar-refractivity contribution in [2.24, 2.45) is 0 Å². The van der Waals surface area contributed by atoms with Crippen LogP contribution < -0.4 is 10.1 Å². The zero-order valence-electron chi connectivity index (χ0n) is 11.3. The van der Waals surface area contributed by atoms with Gasteiger partial charge in [-0.15, -0.1) is 0 Å². The molecule has 2 rings (SSSR count). The van der Waals surface area contributed by atoms with Gasteiger partial charge in [0.25, 0.3) is 0 Å². The predicted molar refractivity (Wildman–Crippen MR) is 70.3 cm³/mol. The van der Waals surface area contributed by atoms with Gasteiger partial charge >= 0.3 is 5.69 Å². The van der Waals surface area contributed by atoms with E-state index in [1.165, 1.54) is 6.07 Å². The average Bonchev–Trinajstić information content (AvgIpc) is 2.41. The SMILES string of the molecule is CCOC1C(NC)CC1Oc1ccc(F)cc1[N+](=O)[O-]. The number of ether oxygens (including phenoxy) is 2. The molecule has 6 nitrogen and oxygen atoms in total. The lowest BCUT2D eigenvalue weighted by Gasteiger charge is -2.43. The molecule has 7 heteroatoms. The maximum absolute atomic E-state index is 13.1. The van der Waals surface area contributed by atoms with Gasteiger partial charge in [-0.1, -0.05) is 0 Å². The Morgan fingerprint density at radius 2 is 2.30 bits per heavy atom. The summed E-state index contributed by atoms with van der Waals surface area (Å²) in [6, 6.07) is 3.45. The number of halogens is 1. The van der Waals surface area contributed by atoms with Crippen LogP contribution in [-0.2, 0) is 4.74 Å². The van der Waals surface area contributed by atoms with E-state index < -0.39 is 10.7 Å². The van der Waals surface area contributed by atoms with Gasteiger partial charge in [0.2, 0.25) is 0 Å². The Bertz CT molecular complexity index is 497. The van der Waals surface area contributed by atoms with Gasteiger partial charge in [-0.2, -0.15) is 0 Å². The number of nitro groups is 1. The second-order valence-corrected chi connectivity index (χ2v) is 4.58. The number of rotatable bonds is 6. The first kappa shape index (κ1) is 14.7. The Hall–Kier alpha value is -1.73. The number of nitro benzene ring substituents is 1. The smallest absolute Gasteiger partial charge is 0.313 e. The highest BCUT2D eigenvalue weighted by Gasteiger charge is 2.43. The molecule has 20 heavy (non-hydrogen) atoms. The van der Waals surface area contributed by atoms with Gasteiger partial charge in [-0.3, -0.25) is 10.1 Å². The van der Waals surface area contributed by atoms with E-state index in [9.17, 15) is 14.5 Å². The number of nitrogens with zero attached hydrogens (tertiary/aromatic N) is 1. The molecule has 0 heterocycles. The van der Waals surface area contributed by atoms with Crippen LogP contribution in [0.25, 0.3) is 0 Å². The predicted octanol–water partition coefficient (Wildman–Crippen LogP) is 1.88. The molecule has 1 fully saturated rings. The fourth-order valence-electron chi connectivity index (χ4n) is 2.29. The normalized spacial score (nSPS) is 25.1. The van der Waals surface area contributed by atoms with Gasteiger partial charge in [0.1, 0.15) is 18.0 Å². The third-order valence-electron chi connectivity index (χ3n) is 3.38. The van der Waals surface area contributed by atoms with E-state index in [1.807, 2.05) is 14.0 Å². The summed E-state index contributed by atoms with van der Waals surface area (Å²) in [5.74, 6) is -0.590. The van der Waals surface area contributed by atoms with E-state index in [0.717, 1.165) is 12.1 Å². The second kappa shape index (κ2) is 6.15. The molecule has 0 radical (unpaired) electrons. The molecule has 3 atom stereocenters. The van der Waals surface area contributed by atoms with E-state index in [-0.39, 0.29) is 29.7 Å². The molecular weight excluding hydrogens is 267 g/mol. The molecule has 0 saturated heterocycles. The maximum atomic E-state index is 13.1. The number of benzene rings is 1. The van der Waals surface area contributed by atoms with Crippen LogP contribution in [0.4, 0.5) is 10.1 Å². The summed E-state index contributed by atoms with van der Waals surface area (Å²) in [6.07, 6.45) is 0.265. The molecule has 0 bridgehead atoms. The van der Waals surface area contributed by atoms with Crippen molar-refractivity contribution in [2.75, 3.05) is 13.7 Å². The van der Waals surface area contributed by atoms with Crippen LogP contribution >= 0.6 is 0 Å². The van der Waals surface area contributed by atoms with Crippen LogP contribution in [0.1, 0.15) is 13.3 Å². The Morgan fingerprint density at radius 1 is 1.55 bits per heavy atom. The first-order valence-electron chi connectivity index (χ1n) is 6.46. The first-order valence-corrected chi connectivity index (χ1v) is 6.46. The molecule has 1 N–H and O–H groups in total. The van der Waals surface area contributed by atoms with Gasteiger partial charge in [0, 0.05) is 19.1 Å². The highest BCUT2D eigenvalue weighted by atomic mass is 19.1. The highest BCUT2D eigenvalue weighted by Crippen LogP contribution is 2.34. The van der Waals surface area contributed by atoms with Crippen molar-refractivity contribution in [2.45, 2.75) is 31.6 Å². The van der Waals surface area contributed by atoms with Crippen LogP contribution in [0.5, 0.6) is 5.75 Å². The van der Waals surface area contributed by atoms with Crippen molar-refractivity contribution in [1.29, 1.82) is 0 Å². The van der Waals surface area contributed by atoms with Gasteiger partial charge in [0.15, 0.2) is 5.75 Å². The Morgan fingerprint density at radius 3 is 2.90 bits per heavy atom. The number of hydrogen-bond acceptors (Lipinski definition) is 5. The molecule has 1 saturated carbocycles. The largest absolute Gasteiger partial charge is 0.481 e. The summed E-state index contributed by atoms with van der Waals surface area (Å²) in [4.78, 5) is 10.3. The van der Waals surface area contributed by atoms with Crippen molar-refractivity contribution in [3.63, 3.8) is 0 Å². The van der Waals surface area contributed by atoms with Crippen molar-refractivity contribution < 1.29 is 18.8 Å². The van der Waals surface area contributed by atoms with Gasteiger partial charge < -0.3 is 14.8 Å². The Balaban J connectivity index is 2.12.